The summed E-state index contributed by atoms with van der Waals surface area (Å²) >= 11 is 0. The monoisotopic (exact) mass is 648 g/mol. The first-order chi connectivity index (χ1) is 22.0. The van der Waals surface area contributed by atoms with Crippen molar-refractivity contribution in [3.05, 3.63) is 77.4 Å². The smallest absolute Gasteiger partial charge is 0.338 e. The number of amides is 1. The molecule has 0 aromatic heterocycles. The number of hydroxylamine groups is 2. The summed E-state index contributed by atoms with van der Waals surface area (Å²) in [7, 11) is 0. The maximum atomic E-state index is 13.2. The van der Waals surface area contributed by atoms with Crippen LogP contribution in [0.1, 0.15) is 121 Å². The second-order valence-corrected chi connectivity index (χ2v) is 11.2. The average Bonchev–Trinajstić information content (AvgIpc) is 3.01. The molecule has 0 aliphatic rings. The zero-order valence-electron chi connectivity index (χ0n) is 27.1. The van der Waals surface area contributed by atoms with Crippen molar-refractivity contribution < 1.29 is 42.3 Å². The molecule has 0 fully saturated rings. The number of carbonyl (C=O) groups is 3. The third kappa shape index (κ3) is 15.5. The molecule has 254 valence electrons. The highest BCUT2D eigenvalue weighted by Gasteiger charge is 2.32. The van der Waals surface area contributed by atoms with Gasteiger partial charge in [0.05, 0.1) is 5.56 Å². The number of allylic oxidation sites excluding steroid dienone is 2. The van der Waals surface area contributed by atoms with Crippen LogP contribution in [0.5, 0.6) is 0 Å². The van der Waals surface area contributed by atoms with Gasteiger partial charge in [0.1, 0.15) is 6.04 Å². The van der Waals surface area contributed by atoms with Crippen LogP contribution in [0.25, 0.3) is 0 Å². The fourth-order valence-electron chi connectivity index (χ4n) is 4.59. The lowest BCUT2D eigenvalue weighted by molar-refractivity contribution is -0.500. The zero-order valence-corrected chi connectivity index (χ0v) is 27.1. The standard InChI is InChI=1S/C35H47F3N2O6/c1-4-6-7-8-9-10-11-12-13-14-15-17-33(42)39-31-24-18-28(19-25-31)26-32(29-20-22-30(23-21-29)35(36,37)38)40(46-45-27(3)41)44-34(43)16-5-2/h8-9,18-25,32H,4-7,10-17,26H2,1-3H3,(H,39,42). The molecule has 0 saturated heterocycles. The van der Waals surface area contributed by atoms with Crippen molar-refractivity contribution in [1.82, 2.24) is 5.23 Å². The number of anilines is 1. The summed E-state index contributed by atoms with van der Waals surface area (Å²) < 4.78 is 39.6. The van der Waals surface area contributed by atoms with Crippen molar-refractivity contribution in [2.45, 2.75) is 116 Å². The number of hydrogen-bond acceptors (Lipinski definition) is 7. The second-order valence-electron chi connectivity index (χ2n) is 11.2. The Morgan fingerprint density at radius 2 is 1.46 bits per heavy atom. The number of nitrogens with zero attached hydrogens (tertiary/aromatic N) is 1. The zero-order chi connectivity index (χ0) is 33.8. The highest BCUT2D eigenvalue weighted by Crippen LogP contribution is 2.32. The summed E-state index contributed by atoms with van der Waals surface area (Å²) in [6.07, 6.45) is 10.9. The van der Waals surface area contributed by atoms with Gasteiger partial charge >= 0.3 is 18.1 Å². The Bertz CT molecular complexity index is 1220. The highest BCUT2D eigenvalue weighted by molar-refractivity contribution is 5.90. The number of halogens is 3. The summed E-state index contributed by atoms with van der Waals surface area (Å²) in [4.78, 5) is 51.2. The molecule has 1 unspecified atom stereocenters. The van der Waals surface area contributed by atoms with E-state index in [9.17, 15) is 27.6 Å². The number of rotatable bonds is 21. The Morgan fingerprint density at radius 3 is 2.07 bits per heavy atom. The molecule has 8 nitrogen and oxygen atoms in total. The molecule has 46 heavy (non-hydrogen) atoms. The third-order valence-electron chi connectivity index (χ3n) is 7.08. The molecule has 0 radical (unpaired) electrons. The third-order valence-corrected chi connectivity index (χ3v) is 7.08. The van der Waals surface area contributed by atoms with Gasteiger partial charge in [0.25, 0.3) is 0 Å². The minimum absolute atomic E-state index is 0.0326. The average molecular weight is 649 g/mol. The fraction of sp³-hybridized carbons (Fsp3) is 0.514. The van der Waals surface area contributed by atoms with Crippen LogP contribution in [0.3, 0.4) is 0 Å². The summed E-state index contributed by atoms with van der Waals surface area (Å²) in [6, 6.07) is 10.2. The number of nitrogens with one attached hydrogen (secondary N) is 1. The lowest BCUT2D eigenvalue weighted by Gasteiger charge is -2.27. The van der Waals surface area contributed by atoms with Crippen molar-refractivity contribution in [3.63, 3.8) is 0 Å². The van der Waals surface area contributed by atoms with Crippen LogP contribution >= 0.6 is 0 Å². The van der Waals surface area contributed by atoms with E-state index >= 15 is 0 Å². The molecule has 0 saturated carbocycles. The van der Waals surface area contributed by atoms with Gasteiger partial charge in [-0.15, -0.1) is 0 Å². The number of carbonyl (C=O) groups excluding carboxylic acids is 3. The number of unbranched alkanes of at least 4 members (excludes halogenated alkanes) is 7. The van der Waals surface area contributed by atoms with Crippen LogP contribution < -0.4 is 5.32 Å². The van der Waals surface area contributed by atoms with Gasteiger partial charge in [0.15, 0.2) is 0 Å². The molecule has 11 heteroatoms. The maximum Gasteiger partial charge on any atom is 0.416 e. The Hall–Kier alpha value is -3.70. The predicted molar refractivity (Wildman–Crippen MR) is 170 cm³/mol. The molecule has 1 N–H and O–H groups in total. The predicted octanol–water partition coefficient (Wildman–Crippen LogP) is 9.37. The number of benzene rings is 2. The van der Waals surface area contributed by atoms with E-state index in [0.29, 0.717) is 34.9 Å². The SMILES string of the molecule is CCCCC=CCCCCCCCC(=O)Nc1ccc(CC(c2ccc(C(F)(F)F)cc2)N(OOC(C)=O)OC(=O)CCC)cc1. The summed E-state index contributed by atoms with van der Waals surface area (Å²) in [6.45, 7) is 5.04. The normalized spacial score (nSPS) is 12.3. The van der Waals surface area contributed by atoms with Gasteiger partial charge in [0.2, 0.25) is 5.91 Å². The van der Waals surface area contributed by atoms with Crippen LogP contribution in [-0.4, -0.2) is 23.1 Å². The first-order valence-electron chi connectivity index (χ1n) is 16.1. The summed E-state index contributed by atoms with van der Waals surface area (Å²) in [5.41, 5.74) is 0.740. The van der Waals surface area contributed by atoms with Gasteiger partial charge < -0.3 is 10.2 Å². The van der Waals surface area contributed by atoms with E-state index in [0.717, 1.165) is 64.0 Å². The van der Waals surface area contributed by atoms with E-state index in [1.165, 1.54) is 25.0 Å². The molecule has 2 aromatic rings. The topological polar surface area (TPSA) is 94.2 Å². The molecule has 0 bridgehead atoms. The van der Waals surface area contributed by atoms with Crippen molar-refractivity contribution in [1.29, 1.82) is 0 Å². The quantitative estimate of drug-likeness (QED) is 0.0624. The molecular formula is C35H47F3N2O6. The van der Waals surface area contributed by atoms with Gasteiger partial charge in [-0.2, -0.15) is 13.2 Å². The van der Waals surface area contributed by atoms with Gasteiger partial charge in [-0.3, -0.25) is 14.5 Å². The molecule has 0 spiro atoms. The van der Waals surface area contributed by atoms with E-state index in [1.54, 1.807) is 31.2 Å². The van der Waals surface area contributed by atoms with Crippen molar-refractivity contribution in [2.75, 3.05) is 5.32 Å². The van der Waals surface area contributed by atoms with E-state index in [4.69, 9.17) is 9.83 Å². The highest BCUT2D eigenvalue weighted by atomic mass is 19.4. The molecule has 0 heterocycles. The second kappa shape index (κ2) is 21.2. The number of hydrogen-bond donors (Lipinski definition) is 1. The fourth-order valence-corrected chi connectivity index (χ4v) is 4.59. The van der Waals surface area contributed by atoms with Crippen LogP contribution in [0.15, 0.2) is 60.7 Å². The van der Waals surface area contributed by atoms with Gasteiger partial charge in [-0.25, -0.2) is 4.79 Å². The van der Waals surface area contributed by atoms with Crippen LogP contribution in [-0.2, 0) is 41.7 Å². The van der Waals surface area contributed by atoms with Crippen LogP contribution in [0.4, 0.5) is 18.9 Å². The largest absolute Gasteiger partial charge is 0.416 e. The Balaban J connectivity index is 2.01. The first-order valence-corrected chi connectivity index (χ1v) is 16.1. The molecule has 2 rings (SSSR count). The minimum Gasteiger partial charge on any atom is -0.338 e. The van der Waals surface area contributed by atoms with E-state index in [-0.39, 0.29) is 18.7 Å². The van der Waals surface area contributed by atoms with Crippen molar-refractivity contribution >= 4 is 23.5 Å². The van der Waals surface area contributed by atoms with E-state index in [1.807, 2.05) is 0 Å². The molecular weight excluding hydrogens is 601 g/mol. The Morgan fingerprint density at radius 1 is 0.826 bits per heavy atom. The van der Waals surface area contributed by atoms with Gasteiger partial charge in [0, 0.05) is 30.7 Å². The molecule has 2 aromatic carbocycles. The lowest BCUT2D eigenvalue weighted by atomic mass is 9.98. The summed E-state index contributed by atoms with van der Waals surface area (Å²) in [5, 5.41) is 3.57. The van der Waals surface area contributed by atoms with Crippen molar-refractivity contribution in [3.8, 4) is 0 Å². The Labute approximate surface area is 270 Å². The van der Waals surface area contributed by atoms with Gasteiger partial charge in [-0.05, 0) is 78.9 Å². The number of alkyl halides is 3. The maximum absolute atomic E-state index is 13.2. The van der Waals surface area contributed by atoms with Crippen LogP contribution in [0, 0.1) is 0 Å². The molecule has 0 aliphatic carbocycles. The molecule has 0 aliphatic heterocycles. The van der Waals surface area contributed by atoms with E-state index in [2.05, 4.69) is 29.3 Å². The van der Waals surface area contributed by atoms with Crippen LogP contribution in [0.2, 0.25) is 0 Å². The van der Waals surface area contributed by atoms with Crippen molar-refractivity contribution in [2.24, 2.45) is 0 Å². The molecule has 1 amide bonds. The molecule has 1 atom stereocenters. The minimum atomic E-state index is -4.54. The first kappa shape index (κ1) is 38.5. The van der Waals surface area contributed by atoms with E-state index < -0.39 is 29.7 Å². The van der Waals surface area contributed by atoms with Gasteiger partial charge in [-0.1, -0.05) is 82.4 Å². The Kier molecular flexibility index (Phi) is 17.7. The summed E-state index contributed by atoms with van der Waals surface area (Å²) in [5.74, 6) is -1.59. The lowest BCUT2D eigenvalue weighted by Crippen LogP contribution is -2.34.